The first kappa shape index (κ1) is 18.1. The maximum Gasteiger partial charge on any atom is 0.243 e. The lowest BCUT2D eigenvalue weighted by Gasteiger charge is -2.34. The van der Waals surface area contributed by atoms with E-state index in [0.717, 1.165) is 55.4 Å². The van der Waals surface area contributed by atoms with Crippen LogP contribution < -0.4 is 10.6 Å². The first-order chi connectivity index (χ1) is 11.8. The van der Waals surface area contributed by atoms with E-state index in [0.29, 0.717) is 17.8 Å². The maximum absolute atomic E-state index is 12.7. The lowest BCUT2D eigenvalue weighted by Crippen LogP contribution is -2.49. The number of carbonyl (C=O) groups excluding carboxylic acids is 1. The molecule has 3 rings (SSSR count). The summed E-state index contributed by atoms with van der Waals surface area (Å²) in [5.74, 6) is 0.904. The summed E-state index contributed by atoms with van der Waals surface area (Å²) in [6.07, 6.45) is 4.28. The van der Waals surface area contributed by atoms with Crippen LogP contribution in [0.5, 0.6) is 0 Å². The number of anilines is 1. The highest BCUT2D eigenvalue weighted by Crippen LogP contribution is 2.28. The van der Waals surface area contributed by atoms with Crippen LogP contribution >= 0.6 is 23.1 Å². The molecule has 2 fully saturated rings. The monoisotopic (exact) mass is 371 g/mol. The Hall–Kier alpha value is -0.740. The minimum atomic E-state index is -0.0263. The van der Waals surface area contributed by atoms with Crippen molar-refractivity contribution >= 4 is 34.1 Å². The molecule has 1 atom stereocenters. The first-order valence-electron chi connectivity index (χ1n) is 8.50. The predicted octanol–water partition coefficient (Wildman–Crippen LogP) is 1.43. The van der Waals surface area contributed by atoms with Gasteiger partial charge >= 0.3 is 0 Å². The number of piperidine rings is 1. The van der Waals surface area contributed by atoms with Gasteiger partial charge in [-0.3, -0.25) is 15.0 Å². The summed E-state index contributed by atoms with van der Waals surface area (Å²) in [5, 5.41) is 15.2. The van der Waals surface area contributed by atoms with Crippen LogP contribution in [0, 0.1) is 0 Å². The van der Waals surface area contributed by atoms with Gasteiger partial charge in [0, 0.05) is 18.9 Å². The van der Waals surface area contributed by atoms with Gasteiger partial charge in [-0.25, -0.2) is 0 Å². The SMILES string of the molecule is COCCSc1nnc(NC(=O)[C@@H]2CCCN2C2CCNCC2)s1. The fraction of sp³-hybridized carbons (Fsp3) is 0.800. The van der Waals surface area contributed by atoms with Crippen molar-refractivity contribution < 1.29 is 9.53 Å². The van der Waals surface area contributed by atoms with Crippen LogP contribution in [0.3, 0.4) is 0 Å². The molecular weight excluding hydrogens is 346 g/mol. The summed E-state index contributed by atoms with van der Waals surface area (Å²) in [5.41, 5.74) is 0. The van der Waals surface area contributed by atoms with E-state index in [1.165, 1.54) is 11.3 Å². The number of carbonyl (C=O) groups is 1. The number of hydrogen-bond acceptors (Lipinski definition) is 8. The molecule has 0 spiro atoms. The summed E-state index contributed by atoms with van der Waals surface area (Å²) in [7, 11) is 1.68. The Morgan fingerprint density at radius 2 is 2.25 bits per heavy atom. The zero-order valence-corrected chi connectivity index (χ0v) is 15.6. The van der Waals surface area contributed by atoms with Gasteiger partial charge in [-0.1, -0.05) is 23.1 Å². The lowest BCUT2D eigenvalue weighted by molar-refractivity contribution is -0.121. The van der Waals surface area contributed by atoms with E-state index < -0.39 is 0 Å². The first-order valence-corrected chi connectivity index (χ1v) is 10.3. The molecule has 0 radical (unpaired) electrons. The molecule has 2 aliphatic rings. The van der Waals surface area contributed by atoms with Crippen molar-refractivity contribution in [3.8, 4) is 0 Å². The third kappa shape index (κ3) is 4.66. The fourth-order valence-corrected chi connectivity index (χ4v) is 5.09. The highest BCUT2D eigenvalue weighted by Gasteiger charge is 2.36. The van der Waals surface area contributed by atoms with E-state index in [9.17, 15) is 4.79 Å². The fourth-order valence-electron chi connectivity index (χ4n) is 3.37. The molecule has 0 bridgehead atoms. The second-order valence-electron chi connectivity index (χ2n) is 6.08. The van der Waals surface area contributed by atoms with Gasteiger partial charge in [0.1, 0.15) is 0 Å². The van der Waals surface area contributed by atoms with E-state index >= 15 is 0 Å². The topological polar surface area (TPSA) is 79.4 Å². The molecule has 7 nitrogen and oxygen atoms in total. The van der Waals surface area contributed by atoms with Crippen molar-refractivity contribution in [2.75, 3.05) is 44.4 Å². The van der Waals surface area contributed by atoms with E-state index in [2.05, 4.69) is 25.7 Å². The van der Waals surface area contributed by atoms with Gasteiger partial charge in [-0.05, 0) is 45.3 Å². The molecular formula is C15H25N5O2S2. The number of ether oxygens (including phenoxy) is 1. The Balaban J connectivity index is 1.53. The molecule has 0 aromatic carbocycles. The maximum atomic E-state index is 12.7. The molecule has 1 amide bonds. The molecule has 1 aromatic heterocycles. The van der Waals surface area contributed by atoms with Gasteiger partial charge in [0.05, 0.1) is 12.6 Å². The highest BCUT2D eigenvalue weighted by molar-refractivity contribution is 8.01. The normalized spacial score (nSPS) is 22.8. The van der Waals surface area contributed by atoms with E-state index in [4.69, 9.17) is 4.74 Å². The number of thioether (sulfide) groups is 1. The van der Waals surface area contributed by atoms with Crippen LogP contribution in [-0.2, 0) is 9.53 Å². The highest BCUT2D eigenvalue weighted by atomic mass is 32.2. The van der Waals surface area contributed by atoms with Crippen LogP contribution in [0.2, 0.25) is 0 Å². The number of rotatable bonds is 7. The van der Waals surface area contributed by atoms with Gasteiger partial charge in [0.15, 0.2) is 4.34 Å². The molecule has 0 saturated carbocycles. The van der Waals surface area contributed by atoms with Crippen LogP contribution in [-0.4, -0.2) is 72.2 Å². The molecule has 9 heteroatoms. The minimum Gasteiger partial charge on any atom is -0.384 e. The summed E-state index contributed by atoms with van der Waals surface area (Å²) in [4.78, 5) is 15.1. The van der Waals surface area contributed by atoms with E-state index in [-0.39, 0.29) is 11.9 Å². The van der Waals surface area contributed by atoms with E-state index in [1.807, 2.05) is 0 Å². The molecule has 2 saturated heterocycles. The molecule has 24 heavy (non-hydrogen) atoms. The molecule has 0 unspecified atom stereocenters. The Morgan fingerprint density at radius 3 is 3.04 bits per heavy atom. The summed E-state index contributed by atoms with van der Waals surface area (Å²) >= 11 is 3.03. The second kappa shape index (κ2) is 9.10. The van der Waals surface area contributed by atoms with Gasteiger partial charge in [-0.15, -0.1) is 10.2 Å². The average Bonchev–Trinajstić information content (AvgIpc) is 3.25. The number of hydrogen-bond donors (Lipinski definition) is 2. The Bertz CT molecular complexity index is 536. The molecule has 134 valence electrons. The van der Waals surface area contributed by atoms with Gasteiger partial charge in [0.25, 0.3) is 0 Å². The standard InChI is InChI=1S/C15H25N5O2S2/c1-22-9-10-23-15-19-18-14(24-15)17-13(21)12-3-2-8-20(12)11-4-6-16-7-5-11/h11-12,16H,2-10H2,1H3,(H,17,18,21)/t12-/m0/s1. The van der Waals surface area contributed by atoms with Gasteiger partial charge in [0.2, 0.25) is 11.0 Å². The zero-order chi connectivity index (χ0) is 16.8. The van der Waals surface area contributed by atoms with Gasteiger partial charge < -0.3 is 10.1 Å². The number of nitrogens with zero attached hydrogens (tertiary/aromatic N) is 3. The number of nitrogens with one attached hydrogen (secondary N) is 2. The quantitative estimate of drug-likeness (QED) is 0.426. The van der Waals surface area contributed by atoms with Gasteiger partial charge in [-0.2, -0.15) is 0 Å². The summed E-state index contributed by atoms with van der Waals surface area (Å²) in [6, 6.07) is 0.501. The Kier molecular flexibility index (Phi) is 6.85. The summed E-state index contributed by atoms with van der Waals surface area (Å²) < 4.78 is 5.89. The molecule has 1 aromatic rings. The predicted molar refractivity (Wildman–Crippen MR) is 96.8 cm³/mol. The van der Waals surface area contributed by atoms with Crippen molar-refractivity contribution in [3.05, 3.63) is 0 Å². The van der Waals surface area contributed by atoms with Crippen molar-refractivity contribution in [1.29, 1.82) is 0 Å². The van der Waals surface area contributed by atoms with E-state index in [1.54, 1.807) is 18.9 Å². The van der Waals surface area contributed by atoms with Crippen LogP contribution in [0.1, 0.15) is 25.7 Å². The largest absolute Gasteiger partial charge is 0.384 e. The van der Waals surface area contributed by atoms with Crippen molar-refractivity contribution in [2.24, 2.45) is 0 Å². The van der Waals surface area contributed by atoms with Crippen molar-refractivity contribution in [3.63, 3.8) is 0 Å². The second-order valence-corrected chi connectivity index (χ2v) is 8.40. The number of aromatic nitrogens is 2. The summed E-state index contributed by atoms with van der Waals surface area (Å²) in [6.45, 7) is 3.80. The smallest absolute Gasteiger partial charge is 0.243 e. The molecule has 0 aliphatic carbocycles. The third-order valence-corrected chi connectivity index (χ3v) is 6.46. The van der Waals surface area contributed by atoms with Crippen molar-refractivity contribution in [2.45, 2.75) is 42.1 Å². The van der Waals surface area contributed by atoms with Crippen LogP contribution in [0.15, 0.2) is 4.34 Å². The lowest BCUT2D eigenvalue weighted by atomic mass is 10.0. The number of likely N-dealkylation sites (tertiary alicyclic amines) is 1. The zero-order valence-electron chi connectivity index (χ0n) is 14.0. The Labute approximate surface area is 150 Å². The number of methoxy groups -OCH3 is 1. The average molecular weight is 372 g/mol. The third-order valence-electron chi connectivity index (χ3n) is 4.52. The molecule has 3 heterocycles. The Morgan fingerprint density at radius 1 is 1.42 bits per heavy atom. The van der Waals surface area contributed by atoms with Crippen LogP contribution in [0.25, 0.3) is 0 Å². The van der Waals surface area contributed by atoms with Crippen molar-refractivity contribution in [1.82, 2.24) is 20.4 Å². The molecule has 2 aliphatic heterocycles. The minimum absolute atomic E-state index is 0.0263. The molecule has 2 N–H and O–H groups in total. The number of amides is 1. The van der Waals surface area contributed by atoms with Crippen LogP contribution in [0.4, 0.5) is 5.13 Å².